The molecule has 0 fully saturated rings. The minimum atomic E-state index is -1.34. The lowest BCUT2D eigenvalue weighted by Crippen LogP contribution is -2.52. The molecular formula is C15H23N3O3S. The summed E-state index contributed by atoms with van der Waals surface area (Å²) >= 11 is 1.69. The molecule has 2 amide bonds. The minimum Gasteiger partial charge on any atom is -0.382 e. The molecule has 1 rings (SSSR count). The number of hydrazine groups is 1. The zero-order valence-electron chi connectivity index (χ0n) is 12.6. The van der Waals surface area contributed by atoms with Crippen LogP contribution in [0.15, 0.2) is 30.3 Å². The van der Waals surface area contributed by atoms with Crippen LogP contribution in [0.1, 0.15) is 18.9 Å². The summed E-state index contributed by atoms with van der Waals surface area (Å²) < 4.78 is 0. The molecule has 0 aliphatic heterocycles. The summed E-state index contributed by atoms with van der Waals surface area (Å²) in [5, 5.41) is 9.79. The Morgan fingerprint density at radius 3 is 2.59 bits per heavy atom. The predicted octanol–water partition coefficient (Wildman–Crippen LogP) is 0.208. The van der Waals surface area contributed by atoms with Crippen LogP contribution in [0.2, 0.25) is 0 Å². The molecule has 1 unspecified atom stereocenters. The fourth-order valence-electron chi connectivity index (χ4n) is 1.75. The zero-order chi connectivity index (χ0) is 16.4. The maximum Gasteiger partial charge on any atom is 0.268 e. The first kappa shape index (κ1) is 18.5. The third-order valence-electron chi connectivity index (χ3n) is 3.01. The highest BCUT2D eigenvalue weighted by molar-refractivity contribution is 7.99. The van der Waals surface area contributed by atoms with Crippen LogP contribution in [0.5, 0.6) is 0 Å². The first-order valence-electron chi connectivity index (χ1n) is 7.18. The first-order valence-corrected chi connectivity index (χ1v) is 8.34. The highest BCUT2D eigenvalue weighted by Gasteiger charge is 2.22. The molecule has 1 aromatic rings. The van der Waals surface area contributed by atoms with Crippen LogP contribution in [0.25, 0.3) is 0 Å². The van der Waals surface area contributed by atoms with Crippen LogP contribution in [-0.4, -0.2) is 40.6 Å². The number of amides is 2. The Morgan fingerprint density at radius 1 is 1.27 bits per heavy atom. The van der Waals surface area contributed by atoms with Gasteiger partial charge in [0.25, 0.3) is 5.91 Å². The van der Waals surface area contributed by atoms with Crippen molar-refractivity contribution >= 4 is 23.6 Å². The van der Waals surface area contributed by atoms with Gasteiger partial charge in [-0.05, 0) is 23.5 Å². The van der Waals surface area contributed by atoms with E-state index < -0.39 is 18.1 Å². The van der Waals surface area contributed by atoms with Crippen LogP contribution in [0, 0.1) is 0 Å². The van der Waals surface area contributed by atoms with Crippen molar-refractivity contribution in [3.63, 3.8) is 0 Å². The topological polar surface area (TPSA) is 104 Å². The molecule has 22 heavy (non-hydrogen) atoms. The summed E-state index contributed by atoms with van der Waals surface area (Å²) in [6, 6.07) is 8.51. The summed E-state index contributed by atoms with van der Waals surface area (Å²) in [7, 11) is 0. The summed E-state index contributed by atoms with van der Waals surface area (Å²) in [6.45, 7) is 2.03. The molecule has 5 N–H and O–H groups in total. The number of nitrogens with one attached hydrogen (secondary N) is 2. The van der Waals surface area contributed by atoms with Crippen molar-refractivity contribution in [3.05, 3.63) is 35.9 Å². The highest BCUT2D eigenvalue weighted by atomic mass is 32.2. The predicted molar refractivity (Wildman–Crippen MR) is 88.0 cm³/mol. The molecule has 0 heterocycles. The zero-order valence-corrected chi connectivity index (χ0v) is 13.4. The van der Waals surface area contributed by atoms with Crippen LogP contribution >= 0.6 is 11.8 Å². The van der Waals surface area contributed by atoms with Crippen molar-refractivity contribution in [2.24, 2.45) is 5.73 Å². The van der Waals surface area contributed by atoms with Gasteiger partial charge in [0, 0.05) is 6.04 Å². The molecule has 0 spiro atoms. The molecule has 1 aromatic carbocycles. The van der Waals surface area contributed by atoms with Gasteiger partial charge in [-0.15, -0.1) is 0 Å². The fourth-order valence-corrected chi connectivity index (χ4v) is 2.47. The number of carbonyl (C=O) groups is 2. The normalized spacial score (nSPS) is 13.2. The summed E-state index contributed by atoms with van der Waals surface area (Å²) in [4.78, 5) is 23.4. The van der Waals surface area contributed by atoms with Gasteiger partial charge in [0.15, 0.2) is 0 Å². The number of rotatable bonds is 8. The number of nitrogens with two attached hydrogens (primary N) is 1. The Labute approximate surface area is 134 Å². The largest absolute Gasteiger partial charge is 0.382 e. The van der Waals surface area contributed by atoms with E-state index in [0.29, 0.717) is 6.42 Å². The third-order valence-corrected chi connectivity index (χ3v) is 3.94. The molecule has 0 saturated heterocycles. The van der Waals surface area contributed by atoms with Gasteiger partial charge in [-0.3, -0.25) is 20.4 Å². The van der Waals surface area contributed by atoms with Crippen molar-refractivity contribution in [3.8, 4) is 0 Å². The molecule has 2 atom stereocenters. The number of benzene rings is 1. The standard InChI is InChI=1S/C15H23N3O3S/c1-2-22-9-8-12(16)14(20)15(21)18-17-13(19)10-11-6-4-3-5-7-11/h3-7,12,14,20H,2,8-10,16H2,1H3,(H,17,19)(H,18,21)/t12-,14?/m1/s1. The molecular weight excluding hydrogens is 302 g/mol. The minimum absolute atomic E-state index is 0.149. The Balaban J connectivity index is 2.30. The molecule has 6 nitrogen and oxygen atoms in total. The van der Waals surface area contributed by atoms with Crippen molar-refractivity contribution in [1.29, 1.82) is 0 Å². The van der Waals surface area contributed by atoms with Crippen LogP contribution in [-0.2, 0) is 16.0 Å². The van der Waals surface area contributed by atoms with Crippen molar-refractivity contribution in [1.82, 2.24) is 10.9 Å². The van der Waals surface area contributed by atoms with Crippen molar-refractivity contribution in [2.45, 2.75) is 31.9 Å². The lowest BCUT2D eigenvalue weighted by Gasteiger charge is -2.18. The van der Waals surface area contributed by atoms with Crippen LogP contribution in [0.3, 0.4) is 0 Å². The molecule has 0 aromatic heterocycles. The Kier molecular flexibility index (Phi) is 8.57. The summed E-state index contributed by atoms with van der Waals surface area (Å²) in [5.74, 6) is 0.685. The van der Waals surface area contributed by atoms with E-state index in [9.17, 15) is 14.7 Å². The van der Waals surface area contributed by atoms with Crippen LogP contribution < -0.4 is 16.6 Å². The fraction of sp³-hybridized carbons (Fsp3) is 0.467. The molecule has 0 radical (unpaired) electrons. The number of carbonyl (C=O) groups excluding carboxylic acids is 2. The molecule has 7 heteroatoms. The molecule has 122 valence electrons. The number of aliphatic hydroxyl groups excluding tert-OH is 1. The van der Waals surface area contributed by atoms with E-state index >= 15 is 0 Å². The second kappa shape index (κ2) is 10.2. The van der Waals surface area contributed by atoms with Crippen molar-refractivity contribution in [2.75, 3.05) is 11.5 Å². The van der Waals surface area contributed by atoms with E-state index in [1.807, 2.05) is 37.3 Å². The van der Waals surface area contributed by atoms with Gasteiger partial charge in [0.05, 0.1) is 6.42 Å². The van der Waals surface area contributed by atoms with Gasteiger partial charge in [-0.1, -0.05) is 37.3 Å². The van der Waals surface area contributed by atoms with E-state index in [-0.39, 0.29) is 12.3 Å². The van der Waals surface area contributed by atoms with Gasteiger partial charge in [-0.2, -0.15) is 11.8 Å². The van der Waals surface area contributed by atoms with Gasteiger partial charge in [0.2, 0.25) is 5.91 Å². The SMILES string of the molecule is CCSCC[C@@H](N)C(O)C(=O)NNC(=O)Cc1ccccc1. The van der Waals surface area contributed by atoms with Gasteiger partial charge < -0.3 is 10.8 Å². The molecule has 0 bridgehead atoms. The van der Waals surface area contributed by atoms with E-state index in [2.05, 4.69) is 10.9 Å². The molecule has 0 aliphatic rings. The lowest BCUT2D eigenvalue weighted by atomic mass is 10.1. The Morgan fingerprint density at radius 2 is 1.95 bits per heavy atom. The second-order valence-electron chi connectivity index (χ2n) is 4.79. The van der Waals surface area contributed by atoms with Gasteiger partial charge >= 0.3 is 0 Å². The average Bonchev–Trinajstić information content (AvgIpc) is 2.53. The first-order chi connectivity index (χ1) is 10.5. The highest BCUT2D eigenvalue weighted by Crippen LogP contribution is 2.05. The molecule has 0 aliphatic carbocycles. The Hall–Kier alpha value is -1.57. The van der Waals surface area contributed by atoms with Crippen molar-refractivity contribution < 1.29 is 14.7 Å². The lowest BCUT2D eigenvalue weighted by molar-refractivity contribution is -0.134. The van der Waals surface area contributed by atoms with Crippen LogP contribution in [0.4, 0.5) is 0 Å². The monoisotopic (exact) mass is 325 g/mol. The Bertz CT molecular complexity index is 470. The van der Waals surface area contributed by atoms with E-state index in [0.717, 1.165) is 17.1 Å². The summed E-state index contributed by atoms with van der Waals surface area (Å²) in [6.07, 6.45) is -0.656. The third kappa shape index (κ3) is 6.93. The van der Waals surface area contributed by atoms with Gasteiger partial charge in [-0.25, -0.2) is 0 Å². The number of hydrogen-bond acceptors (Lipinski definition) is 5. The number of thioether (sulfide) groups is 1. The van der Waals surface area contributed by atoms with E-state index in [1.54, 1.807) is 11.8 Å². The maximum absolute atomic E-state index is 11.7. The summed E-state index contributed by atoms with van der Waals surface area (Å²) in [5.41, 5.74) is 11.1. The molecule has 0 saturated carbocycles. The quantitative estimate of drug-likeness (QED) is 0.404. The van der Waals surface area contributed by atoms with E-state index in [1.165, 1.54) is 0 Å². The smallest absolute Gasteiger partial charge is 0.268 e. The maximum atomic E-state index is 11.7. The second-order valence-corrected chi connectivity index (χ2v) is 6.19. The van der Waals surface area contributed by atoms with Gasteiger partial charge in [0.1, 0.15) is 6.10 Å². The number of hydrogen-bond donors (Lipinski definition) is 4. The van der Waals surface area contributed by atoms with E-state index in [4.69, 9.17) is 5.73 Å². The number of aliphatic hydroxyl groups is 1. The average molecular weight is 325 g/mol.